The Kier molecular flexibility index (Phi) is 8.66. The van der Waals surface area contributed by atoms with Crippen LogP contribution >= 0.6 is 0 Å². The molecule has 2 unspecified atom stereocenters. The van der Waals surface area contributed by atoms with Crippen molar-refractivity contribution in [2.24, 2.45) is 0 Å². The van der Waals surface area contributed by atoms with Crippen molar-refractivity contribution in [3.63, 3.8) is 0 Å². The van der Waals surface area contributed by atoms with Gasteiger partial charge in [-0.2, -0.15) is 4.31 Å². The van der Waals surface area contributed by atoms with E-state index in [0.29, 0.717) is 35.8 Å². The molecule has 8 heteroatoms. The van der Waals surface area contributed by atoms with E-state index in [1.54, 1.807) is 36.5 Å². The first kappa shape index (κ1) is 29.5. The minimum absolute atomic E-state index is 0.0655. The third-order valence-electron chi connectivity index (χ3n) is 8.81. The second kappa shape index (κ2) is 12.1. The van der Waals surface area contributed by atoms with Crippen molar-refractivity contribution in [2.75, 3.05) is 38.7 Å². The third-order valence-corrected chi connectivity index (χ3v) is 10.8. The highest BCUT2D eigenvalue weighted by atomic mass is 32.2. The van der Waals surface area contributed by atoms with Gasteiger partial charge in [-0.05, 0) is 91.7 Å². The van der Waals surface area contributed by atoms with Gasteiger partial charge >= 0.3 is 0 Å². The average molecular weight is 576 g/mol. The van der Waals surface area contributed by atoms with Crippen LogP contribution in [0.25, 0.3) is 11.1 Å². The molecular weight excluding hydrogens is 534 g/mol. The van der Waals surface area contributed by atoms with Crippen molar-refractivity contribution >= 4 is 21.6 Å². The molecule has 41 heavy (non-hydrogen) atoms. The Hall–Kier alpha value is -3.04. The summed E-state index contributed by atoms with van der Waals surface area (Å²) in [6.45, 7) is 9.99. The summed E-state index contributed by atoms with van der Waals surface area (Å²) >= 11 is 0. The van der Waals surface area contributed by atoms with Crippen molar-refractivity contribution in [3.8, 4) is 11.1 Å². The van der Waals surface area contributed by atoms with Crippen molar-refractivity contribution in [2.45, 2.75) is 63.4 Å². The fourth-order valence-electron chi connectivity index (χ4n) is 6.59. The highest BCUT2D eigenvalue weighted by molar-refractivity contribution is 7.89. The standard InChI is InChI=1S/C33H41N3O4S/c1-22-9-8-10-29(24(22)3)26-11-13-27(14-12-26)33-30-20-35(17-6-7-18-36(30)31(33)21-40-5)41(38,39)32-16-15-28(19-23(32)2)34-25(4)37/h8-16,19,30-31,33H,6-7,17-18,20-21H2,1-5H3,(H,34,37)/t30?,31?,33-/m0/s1. The Balaban J connectivity index is 1.43. The minimum atomic E-state index is -3.72. The van der Waals surface area contributed by atoms with E-state index in [-0.39, 0.29) is 23.9 Å². The SMILES string of the molecule is COCC1[C@@H](c2ccc(-c3cccc(C)c3C)cc2)C2CN(S(=O)(=O)c3ccc(NC(C)=O)cc3C)CCCCN12. The first-order valence-electron chi connectivity index (χ1n) is 14.4. The molecule has 1 amide bonds. The number of anilines is 1. The highest BCUT2D eigenvalue weighted by Crippen LogP contribution is 2.43. The second-order valence-corrected chi connectivity index (χ2v) is 13.4. The number of methoxy groups -OCH3 is 1. The van der Waals surface area contributed by atoms with Gasteiger partial charge in [-0.3, -0.25) is 9.69 Å². The molecule has 2 aliphatic heterocycles. The Morgan fingerprint density at radius 1 is 0.976 bits per heavy atom. The maximum absolute atomic E-state index is 14.0. The normalized spacial score (nSPS) is 21.8. The van der Waals surface area contributed by atoms with Crippen LogP contribution < -0.4 is 5.32 Å². The van der Waals surface area contributed by atoms with Gasteiger partial charge in [0.05, 0.1) is 11.5 Å². The summed E-state index contributed by atoms with van der Waals surface area (Å²) in [4.78, 5) is 14.2. The number of ether oxygens (including phenoxy) is 1. The zero-order valence-corrected chi connectivity index (χ0v) is 25.5. The molecule has 2 heterocycles. The van der Waals surface area contributed by atoms with Gasteiger partial charge in [0.25, 0.3) is 0 Å². The first-order chi connectivity index (χ1) is 19.6. The molecule has 2 aliphatic rings. The lowest BCUT2D eigenvalue weighted by Gasteiger charge is -2.57. The smallest absolute Gasteiger partial charge is 0.243 e. The van der Waals surface area contributed by atoms with Crippen molar-refractivity contribution in [1.29, 1.82) is 0 Å². The molecule has 5 rings (SSSR count). The van der Waals surface area contributed by atoms with Gasteiger partial charge in [-0.1, -0.05) is 42.5 Å². The largest absolute Gasteiger partial charge is 0.383 e. The number of carbonyl (C=O) groups is 1. The van der Waals surface area contributed by atoms with E-state index < -0.39 is 10.0 Å². The molecule has 0 saturated carbocycles. The number of benzene rings is 3. The molecule has 7 nitrogen and oxygen atoms in total. The van der Waals surface area contributed by atoms with E-state index in [1.807, 2.05) is 0 Å². The molecule has 1 N–H and O–H groups in total. The summed E-state index contributed by atoms with van der Waals surface area (Å²) in [5.41, 5.74) is 7.43. The van der Waals surface area contributed by atoms with Crippen molar-refractivity contribution in [3.05, 3.63) is 82.9 Å². The Labute approximate surface area is 244 Å². The van der Waals surface area contributed by atoms with E-state index in [0.717, 1.165) is 19.4 Å². The monoisotopic (exact) mass is 575 g/mol. The number of hydrogen-bond acceptors (Lipinski definition) is 5. The third kappa shape index (κ3) is 5.84. The van der Waals surface area contributed by atoms with E-state index in [2.05, 4.69) is 66.5 Å². The molecule has 0 spiro atoms. The van der Waals surface area contributed by atoms with Crippen LogP contribution in [-0.2, 0) is 19.6 Å². The van der Waals surface area contributed by atoms with Crippen LogP contribution in [0.2, 0.25) is 0 Å². The number of fused-ring (bicyclic) bond motifs is 1. The molecule has 3 aromatic carbocycles. The number of carbonyl (C=O) groups excluding carboxylic acids is 1. The minimum Gasteiger partial charge on any atom is -0.383 e. The number of hydrogen-bond donors (Lipinski definition) is 1. The number of nitrogens with zero attached hydrogens (tertiary/aromatic N) is 2. The van der Waals surface area contributed by atoms with Crippen molar-refractivity contribution in [1.82, 2.24) is 9.21 Å². The molecule has 0 aliphatic carbocycles. The Bertz CT molecular complexity index is 1520. The van der Waals surface area contributed by atoms with Crippen LogP contribution in [-0.4, -0.2) is 69.0 Å². The van der Waals surface area contributed by atoms with Crippen LogP contribution in [0.5, 0.6) is 0 Å². The van der Waals surface area contributed by atoms with E-state index >= 15 is 0 Å². The predicted molar refractivity (Wildman–Crippen MR) is 164 cm³/mol. The number of nitrogens with one attached hydrogen (secondary N) is 1. The Morgan fingerprint density at radius 3 is 2.39 bits per heavy atom. The van der Waals surface area contributed by atoms with E-state index in [1.165, 1.54) is 34.7 Å². The molecule has 3 atom stereocenters. The number of aryl methyl sites for hydroxylation is 2. The van der Waals surface area contributed by atoms with Gasteiger partial charge in [0, 0.05) is 50.8 Å². The average Bonchev–Trinajstić information content (AvgIpc) is 2.91. The molecule has 2 saturated heterocycles. The number of rotatable bonds is 7. The fraction of sp³-hybridized carbons (Fsp3) is 0.424. The summed E-state index contributed by atoms with van der Waals surface area (Å²) in [6.07, 6.45) is 1.74. The van der Waals surface area contributed by atoms with E-state index in [9.17, 15) is 13.2 Å². The predicted octanol–water partition coefficient (Wildman–Crippen LogP) is 5.50. The fourth-order valence-corrected chi connectivity index (χ4v) is 8.29. The van der Waals surface area contributed by atoms with Gasteiger partial charge < -0.3 is 10.1 Å². The van der Waals surface area contributed by atoms with Gasteiger partial charge in [0.15, 0.2) is 0 Å². The van der Waals surface area contributed by atoms with Crippen LogP contribution in [0.1, 0.15) is 47.9 Å². The first-order valence-corrected chi connectivity index (χ1v) is 15.9. The summed E-state index contributed by atoms with van der Waals surface area (Å²) < 4.78 is 35.3. The number of amides is 1. The lowest BCUT2D eigenvalue weighted by molar-refractivity contribution is -0.114. The van der Waals surface area contributed by atoms with Crippen LogP contribution in [0.15, 0.2) is 65.6 Å². The van der Waals surface area contributed by atoms with E-state index in [4.69, 9.17) is 4.74 Å². The maximum atomic E-state index is 14.0. The molecule has 218 valence electrons. The lowest BCUT2D eigenvalue weighted by atomic mass is 9.74. The molecule has 3 aromatic rings. The molecular formula is C33H41N3O4S. The number of sulfonamides is 1. The van der Waals surface area contributed by atoms with Crippen LogP contribution in [0.4, 0.5) is 5.69 Å². The quantitative estimate of drug-likeness (QED) is 0.402. The summed E-state index contributed by atoms with van der Waals surface area (Å²) in [7, 11) is -1.99. The van der Waals surface area contributed by atoms with Gasteiger partial charge in [-0.25, -0.2) is 8.42 Å². The van der Waals surface area contributed by atoms with Crippen molar-refractivity contribution < 1.29 is 17.9 Å². The lowest BCUT2D eigenvalue weighted by Crippen LogP contribution is -2.68. The van der Waals surface area contributed by atoms with Crippen LogP contribution in [0.3, 0.4) is 0 Å². The summed E-state index contributed by atoms with van der Waals surface area (Å²) in [5.74, 6) is -0.0193. The summed E-state index contributed by atoms with van der Waals surface area (Å²) in [6, 6.07) is 20.5. The van der Waals surface area contributed by atoms with Crippen LogP contribution in [0, 0.1) is 20.8 Å². The highest BCUT2D eigenvalue weighted by Gasteiger charge is 2.50. The zero-order chi connectivity index (χ0) is 29.3. The summed E-state index contributed by atoms with van der Waals surface area (Å²) in [5, 5.41) is 2.74. The molecule has 0 aromatic heterocycles. The molecule has 0 bridgehead atoms. The second-order valence-electron chi connectivity index (χ2n) is 11.5. The Morgan fingerprint density at radius 2 is 1.71 bits per heavy atom. The zero-order valence-electron chi connectivity index (χ0n) is 24.7. The van der Waals surface area contributed by atoms with Gasteiger partial charge in [0.2, 0.25) is 15.9 Å². The van der Waals surface area contributed by atoms with Gasteiger partial charge in [-0.15, -0.1) is 0 Å². The van der Waals surface area contributed by atoms with Gasteiger partial charge in [0.1, 0.15) is 0 Å². The molecule has 2 fully saturated rings. The maximum Gasteiger partial charge on any atom is 0.243 e. The molecule has 0 radical (unpaired) electrons. The topological polar surface area (TPSA) is 79.0 Å².